The van der Waals surface area contributed by atoms with Gasteiger partial charge in [0, 0.05) is 16.9 Å². The number of nitrogens with one attached hydrogen (secondary N) is 2. The fraction of sp³-hybridized carbons (Fsp3) is 0.148. The summed E-state index contributed by atoms with van der Waals surface area (Å²) in [4.78, 5) is 18.3. The number of rotatable bonds is 4. The van der Waals surface area contributed by atoms with Gasteiger partial charge in [-0.15, -0.1) is 5.10 Å². The van der Waals surface area contributed by atoms with Gasteiger partial charge in [-0.1, -0.05) is 72.3 Å². The first kappa shape index (κ1) is 20.7. The zero-order chi connectivity index (χ0) is 22.9. The molecule has 0 bridgehead atoms. The fourth-order valence-electron chi connectivity index (χ4n) is 4.25. The molecule has 1 aliphatic heterocycles. The Labute approximate surface area is 193 Å². The quantitative estimate of drug-likeness (QED) is 0.445. The maximum atomic E-state index is 13.5. The second-order valence-electron chi connectivity index (χ2n) is 8.32. The molecular weight excluding hydrogens is 410 g/mol. The molecule has 1 unspecified atom stereocenters. The van der Waals surface area contributed by atoms with E-state index in [0.717, 1.165) is 33.6 Å². The molecule has 0 fully saturated rings. The highest BCUT2D eigenvalue weighted by atomic mass is 16.1. The Hall–Kier alpha value is -4.19. The summed E-state index contributed by atoms with van der Waals surface area (Å²) in [6.07, 6.45) is 0. The van der Waals surface area contributed by atoms with E-state index in [0.29, 0.717) is 17.3 Å². The Kier molecular flexibility index (Phi) is 5.26. The third-order valence-electron chi connectivity index (χ3n) is 5.87. The highest BCUT2D eigenvalue weighted by molar-refractivity contribution is 6.06. The molecule has 2 heterocycles. The van der Waals surface area contributed by atoms with Gasteiger partial charge in [0.1, 0.15) is 6.04 Å². The van der Waals surface area contributed by atoms with Gasteiger partial charge >= 0.3 is 0 Å². The van der Waals surface area contributed by atoms with E-state index in [4.69, 9.17) is 10.1 Å². The Bertz CT molecular complexity index is 1370. The summed E-state index contributed by atoms with van der Waals surface area (Å²) in [5, 5.41) is 11.2. The molecule has 5 rings (SSSR count). The number of anilines is 2. The van der Waals surface area contributed by atoms with Crippen LogP contribution in [0.4, 0.5) is 11.6 Å². The van der Waals surface area contributed by atoms with Gasteiger partial charge in [-0.05, 0) is 44.0 Å². The van der Waals surface area contributed by atoms with Crippen LogP contribution in [-0.2, 0) is 4.79 Å². The summed E-state index contributed by atoms with van der Waals surface area (Å²) in [7, 11) is 0. The van der Waals surface area contributed by atoms with E-state index in [1.807, 2.05) is 98.2 Å². The van der Waals surface area contributed by atoms with Crippen molar-refractivity contribution < 1.29 is 4.79 Å². The van der Waals surface area contributed by atoms with Crippen molar-refractivity contribution in [1.29, 1.82) is 0 Å². The number of aromatic nitrogens is 3. The van der Waals surface area contributed by atoms with Gasteiger partial charge in [-0.3, -0.25) is 4.79 Å². The van der Waals surface area contributed by atoms with Gasteiger partial charge in [-0.25, -0.2) is 4.68 Å². The van der Waals surface area contributed by atoms with Crippen LogP contribution in [-0.4, -0.2) is 20.7 Å². The van der Waals surface area contributed by atoms with Crippen molar-refractivity contribution in [2.24, 2.45) is 0 Å². The summed E-state index contributed by atoms with van der Waals surface area (Å²) >= 11 is 0. The maximum Gasteiger partial charge on any atom is 0.255 e. The molecule has 3 aromatic carbocycles. The molecule has 2 N–H and O–H groups in total. The number of hydrogen-bond donors (Lipinski definition) is 2. The molecule has 6 nitrogen and oxygen atoms in total. The van der Waals surface area contributed by atoms with Crippen molar-refractivity contribution in [3.8, 4) is 11.4 Å². The predicted molar refractivity (Wildman–Crippen MR) is 131 cm³/mol. The number of aryl methyl sites for hydroxylation is 2. The summed E-state index contributed by atoms with van der Waals surface area (Å²) in [5.41, 5.74) is 6.28. The average Bonchev–Trinajstić information content (AvgIpc) is 3.22. The van der Waals surface area contributed by atoms with Gasteiger partial charge in [0.05, 0.1) is 5.57 Å². The van der Waals surface area contributed by atoms with Crippen molar-refractivity contribution in [2.75, 3.05) is 10.6 Å². The smallest absolute Gasteiger partial charge is 0.255 e. The van der Waals surface area contributed by atoms with E-state index < -0.39 is 6.04 Å². The topological polar surface area (TPSA) is 71.8 Å². The van der Waals surface area contributed by atoms with Crippen LogP contribution in [0.5, 0.6) is 0 Å². The third-order valence-corrected chi connectivity index (χ3v) is 5.87. The van der Waals surface area contributed by atoms with Crippen molar-refractivity contribution in [2.45, 2.75) is 26.8 Å². The molecule has 0 spiro atoms. The number of carbonyl (C=O) groups is 1. The fourth-order valence-corrected chi connectivity index (χ4v) is 4.25. The lowest BCUT2D eigenvalue weighted by Gasteiger charge is -2.29. The molecule has 0 aliphatic carbocycles. The zero-order valence-electron chi connectivity index (χ0n) is 18.8. The van der Waals surface area contributed by atoms with E-state index >= 15 is 0 Å². The van der Waals surface area contributed by atoms with Crippen LogP contribution < -0.4 is 10.6 Å². The molecule has 164 valence electrons. The molecule has 0 saturated heterocycles. The molecule has 1 amide bonds. The van der Waals surface area contributed by atoms with Crippen LogP contribution in [0.1, 0.15) is 29.7 Å². The monoisotopic (exact) mass is 435 g/mol. The molecule has 6 heteroatoms. The second kappa shape index (κ2) is 8.39. The predicted octanol–water partition coefficient (Wildman–Crippen LogP) is 5.49. The summed E-state index contributed by atoms with van der Waals surface area (Å²) < 4.78 is 1.82. The lowest BCUT2D eigenvalue weighted by molar-refractivity contribution is -0.113. The highest BCUT2D eigenvalue weighted by Crippen LogP contribution is 2.37. The number of carbonyl (C=O) groups excluding carboxylic acids is 1. The van der Waals surface area contributed by atoms with E-state index in [9.17, 15) is 4.79 Å². The third kappa shape index (κ3) is 3.91. The first-order valence-corrected chi connectivity index (χ1v) is 10.9. The van der Waals surface area contributed by atoms with Gasteiger partial charge in [0.2, 0.25) is 5.95 Å². The summed E-state index contributed by atoms with van der Waals surface area (Å²) in [6.45, 7) is 6.00. The lowest BCUT2D eigenvalue weighted by Crippen LogP contribution is -2.31. The Morgan fingerprint density at radius 3 is 2.45 bits per heavy atom. The summed E-state index contributed by atoms with van der Waals surface area (Å²) in [6, 6.07) is 25.3. The number of hydrogen-bond acceptors (Lipinski definition) is 4. The van der Waals surface area contributed by atoms with Gasteiger partial charge in [-0.2, -0.15) is 4.98 Å². The molecule has 1 aromatic heterocycles. The number of fused-ring (bicyclic) bond motifs is 1. The first-order chi connectivity index (χ1) is 16.0. The molecule has 1 aliphatic rings. The standard InChI is InChI=1S/C27H25N5O/c1-17-10-9-12-20(16-17)24-23(26(33)29-21-13-5-4-6-14-21)19(3)28-27-30-25(31-32(24)27)22-15-8-7-11-18(22)2/h4-16,24H,1-3H3,(H,29,33)(H,28,30,31). The van der Waals surface area contributed by atoms with Crippen LogP contribution in [0.25, 0.3) is 11.4 Å². The minimum Gasteiger partial charge on any atom is -0.328 e. The van der Waals surface area contributed by atoms with Crippen LogP contribution in [0.3, 0.4) is 0 Å². The number of benzene rings is 3. The van der Waals surface area contributed by atoms with Crippen molar-refractivity contribution in [3.05, 3.63) is 107 Å². The van der Waals surface area contributed by atoms with Crippen molar-refractivity contribution in [3.63, 3.8) is 0 Å². The molecule has 4 aromatic rings. The first-order valence-electron chi connectivity index (χ1n) is 10.9. The van der Waals surface area contributed by atoms with Crippen LogP contribution in [0.2, 0.25) is 0 Å². The highest BCUT2D eigenvalue weighted by Gasteiger charge is 2.34. The van der Waals surface area contributed by atoms with Crippen LogP contribution >= 0.6 is 0 Å². The number of nitrogens with zero attached hydrogens (tertiary/aromatic N) is 3. The van der Waals surface area contributed by atoms with Gasteiger partial charge < -0.3 is 10.6 Å². The van der Waals surface area contributed by atoms with E-state index in [-0.39, 0.29) is 5.91 Å². The van der Waals surface area contributed by atoms with Crippen LogP contribution in [0.15, 0.2) is 90.1 Å². The molecule has 0 saturated carbocycles. The molecule has 1 atom stereocenters. The van der Waals surface area contributed by atoms with Crippen LogP contribution in [0, 0.1) is 13.8 Å². The minimum absolute atomic E-state index is 0.170. The SMILES string of the molecule is CC1=C(C(=O)Nc2ccccc2)C(c2cccc(C)c2)n2nc(-c3ccccc3C)nc2N1. The minimum atomic E-state index is -0.407. The van der Waals surface area contributed by atoms with Gasteiger partial charge in [0.25, 0.3) is 5.91 Å². The maximum absolute atomic E-state index is 13.5. The average molecular weight is 436 g/mol. The Balaban J connectivity index is 1.63. The van der Waals surface area contributed by atoms with Gasteiger partial charge in [0.15, 0.2) is 5.82 Å². The number of para-hydroxylation sites is 1. The van der Waals surface area contributed by atoms with E-state index in [1.54, 1.807) is 0 Å². The lowest BCUT2D eigenvalue weighted by atomic mass is 9.94. The molecular formula is C27H25N5O. The second-order valence-corrected chi connectivity index (χ2v) is 8.32. The van der Waals surface area contributed by atoms with Crippen molar-refractivity contribution in [1.82, 2.24) is 14.8 Å². The Morgan fingerprint density at radius 2 is 1.70 bits per heavy atom. The van der Waals surface area contributed by atoms with E-state index in [2.05, 4.69) is 16.7 Å². The van der Waals surface area contributed by atoms with Crippen molar-refractivity contribution >= 4 is 17.5 Å². The normalized spacial score (nSPS) is 15.1. The molecule has 0 radical (unpaired) electrons. The zero-order valence-corrected chi connectivity index (χ0v) is 18.8. The number of amides is 1. The largest absolute Gasteiger partial charge is 0.328 e. The summed E-state index contributed by atoms with van der Waals surface area (Å²) in [5.74, 6) is 1.08. The van der Waals surface area contributed by atoms with E-state index in [1.165, 1.54) is 0 Å². The number of allylic oxidation sites excluding steroid dienone is 1. The molecule has 33 heavy (non-hydrogen) atoms. The Morgan fingerprint density at radius 1 is 0.939 bits per heavy atom.